The second kappa shape index (κ2) is 12.4. The Morgan fingerprint density at radius 3 is 1.91 bits per heavy atom. The number of aliphatic imine (C=N–C) groups is 2. The molecular weight excluding hydrogens is 701 g/mol. The van der Waals surface area contributed by atoms with E-state index in [9.17, 15) is 0 Å². The summed E-state index contributed by atoms with van der Waals surface area (Å²) in [6.45, 7) is 0. The summed E-state index contributed by atoms with van der Waals surface area (Å²) in [5.74, 6) is 1.39. The number of para-hydroxylation sites is 3. The lowest BCUT2D eigenvalue weighted by atomic mass is 9.97. The molecule has 4 heterocycles. The van der Waals surface area contributed by atoms with E-state index in [0.29, 0.717) is 5.84 Å². The Bertz CT molecular complexity index is 3390. The quantitative estimate of drug-likeness (QED) is 0.192. The fraction of sp³-hybridized carbons (Fsp3) is 0.0196. The zero-order valence-corrected chi connectivity index (χ0v) is 30.6. The van der Waals surface area contributed by atoms with E-state index in [1.54, 1.807) is 0 Å². The number of fused-ring (bicyclic) bond motifs is 9. The average Bonchev–Trinajstić information content (AvgIpc) is 3.96. The highest BCUT2D eigenvalue weighted by molar-refractivity contribution is 6.21. The van der Waals surface area contributed by atoms with Gasteiger partial charge in [0.2, 0.25) is 0 Å². The Hall–Kier alpha value is -7.70. The Balaban J connectivity index is 1.04. The molecular formula is C51H32N4O2. The fourth-order valence-electron chi connectivity index (χ4n) is 8.72. The Labute approximate surface area is 326 Å². The number of furan rings is 2. The summed E-state index contributed by atoms with van der Waals surface area (Å²) in [5, 5.41) is 10.2. The van der Waals surface area contributed by atoms with Crippen LogP contribution in [0.5, 0.6) is 0 Å². The standard InChI is InChI=1S/C51H32N4O2/c1-3-14-31(15-4-1)49-52-50(32-16-5-2-6-17-32)54-51(53-49)38-22-11-21-37-39-30-33(28-29-43(39)57-48(37)38)34-20-12-26-44-46(34)47-42(25-13-27-45(47)56-44)55-40-23-9-7-18-35(40)36-19-8-10-24-41(36)55/h1-30,49H,(H,52,53,54). The summed E-state index contributed by atoms with van der Waals surface area (Å²) in [7, 11) is 0. The number of hydrogen-bond donors (Lipinski definition) is 1. The predicted octanol–water partition coefficient (Wildman–Crippen LogP) is 12.7. The minimum atomic E-state index is -0.308. The molecule has 12 rings (SSSR count). The third kappa shape index (κ3) is 4.90. The van der Waals surface area contributed by atoms with Crippen molar-refractivity contribution in [2.75, 3.05) is 0 Å². The van der Waals surface area contributed by atoms with Crippen molar-refractivity contribution in [3.05, 3.63) is 199 Å². The normalized spacial score (nSPS) is 14.5. The Kier molecular flexibility index (Phi) is 6.89. The molecule has 1 N–H and O–H groups in total. The third-order valence-electron chi connectivity index (χ3n) is 11.3. The van der Waals surface area contributed by atoms with Gasteiger partial charge in [0.15, 0.2) is 5.84 Å². The first-order valence-corrected chi connectivity index (χ1v) is 19.2. The first-order valence-electron chi connectivity index (χ1n) is 19.2. The van der Waals surface area contributed by atoms with Gasteiger partial charge in [-0.3, -0.25) is 0 Å². The Morgan fingerprint density at radius 2 is 1.12 bits per heavy atom. The molecule has 0 fully saturated rings. The van der Waals surface area contributed by atoms with Gasteiger partial charge in [0.05, 0.1) is 27.7 Å². The SMILES string of the molecule is c1ccc(C2=NC(c3cccc4c3oc3ccc(-c5cccc6oc7cccc(-n8c9ccccc9c9ccccc98)c7c56)cc34)=NC(c3ccccc3)N2)cc1. The van der Waals surface area contributed by atoms with Gasteiger partial charge in [-0.1, -0.05) is 133 Å². The van der Waals surface area contributed by atoms with E-state index in [1.165, 1.54) is 10.8 Å². The van der Waals surface area contributed by atoms with Crippen LogP contribution in [-0.4, -0.2) is 16.2 Å². The maximum atomic E-state index is 6.71. The number of nitrogens with one attached hydrogen (secondary N) is 1. The van der Waals surface area contributed by atoms with Crippen molar-refractivity contribution in [1.82, 2.24) is 9.88 Å². The summed E-state index contributed by atoms with van der Waals surface area (Å²) in [6.07, 6.45) is -0.308. The molecule has 0 aliphatic carbocycles. The molecule has 3 aromatic heterocycles. The van der Waals surface area contributed by atoms with Crippen molar-refractivity contribution in [2.24, 2.45) is 9.98 Å². The van der Waals surface area contributed by atoms with Gasteiger partial charge in [-0.25, -0.2) is 9.98 Å². The number of amidine groups is 2. The minimum absolute atomic E-state index is 0.308. The summed E-state index contributed by atoms with van der Waals surface area (Å²) in [5.41, 5.74) is 11.7. The van der Waals surface area contributed by atoms with E-state index < -0.39 is 0 Å². The van der Waals surface area contributed by atoms with Crippen molar-refractivity contribution in [3.8, 4) is 16.8 Å². The lowest BCUT2D eigenvalue weighted by Gasteiger charge is -2.23. The van der Waals surface area contributed by atoms with Gasteiger partial charge in [0, 0.05) is 32.5 Å². The molecule has 11 aromatic rings. The monoisotopic (exact) mass is 732 g/mol. The fourth-order valence-corrected chi connectivity index (χ4v) is 8.72. The van der Waals surface area contributed by atoms with E-state index in [4.69, 9.17) is 18.8 Å². The number of aromatic nitrogens is 1. The second-order valence-corrected chi connectivity index (χ2v) is 14.5. The molecule has 0 radical (unpaired) electrons. The minimum Gasteiger partial charge on any atom is -0.456 e. The summed E-state index contributed by atoms with van der Waals surface area (Å²) in [6, 6.07) is 63.2. The third-order valence-corrected chi connectivity index (χ3v) is 11.3. The average molecular weight is 733 g/mol. The molecule has 0 saturated carbocycles. The van der Waals surface area contributed by atoms with Gasteiger partial charge in [-0.2, -0.15) is 0 Å². The topological polar surface area (TPSA) is 68.0 Å². The molecule has 8 aromatic carbocycles. The van der Waals surface area contributed by atoms with Gasteiger partial charge >= 0.3 is 0 Å². The van der Waals surface area contributed by atoms with Gasteiger partial charge in [-0.05, 0) is 65.2 Å². The maximum absolute atomic E-state index is 6.71. The first kappa shape index (κ1) is 31.6. The molecule has 0 amide bonds. The van der Waals surface area contributed by atoms with Crippen LogP contribution in [0.4, 0.5) is 0 Å². The van der Waals surface area contributed by atoms with E-state index in [-0.39, 0.29) is 6.17 Å². The highest BCUT2D eigenvalue weighted by Crippen LogP contribution is 2.43. The second-order valence-electron chi connectivity index (χ2n) is 14.5. The summed E-state index contributed by atoms with van der Waals surface area (Å²) < 4.78 is 15.7. The molecule has 1 aliphatic heterocycles. The predicted molar refractivity (Wildman–Crippen MR) is 233 cm³/mol. The van der Waals surface area contributed by atoms with Crippen LogP contribution in [-0.2, 0) is 0 Å². The van der Waals surface area contributed by atoms with Crippen molar-refractivity contribution in [3.63, 3.8) is 0 Å². The molecule has 0 spiro atoms. The van der Waals surface area contributed by atoms with Crippen molar-refractivity contribution in [1.29, 1.82) is 0 Å². The number of hydrogen-bond acceptors (Lipinski definition) is 5. The molecule has 1 unspecified atom stereocenters. The van der Waals surface area contributed by atoms with Crippen molar-refractivity contribution in [2.45, 2.75) is 6.17 Å². The van der Waals surface area contributed by atoms with Crippen molar-refractivity contribution >= 4 is 77.4 Å². The van der Waals surface area contributed by atoms with E-state index in [2.05, 4.69) is 155 Å². The smallest absolute Gasteiger partial charge is 0.163 e. The van der Waals surface area contributed by atoms with Crippen LogP contribution in [0, 0.1) is 0 Å². The lowest BCUT2D eigenvalue weighted by Crippen LogP contribution is -2.33. The number of benzene rings is 8. The van der Waals surface area contributed by atoms with Crippen LogP contribution < -0.4 is 5.32 Å². The van der Waals surface area contributed by atoms with E-state index >= 15 is 0 Å². The Morgan fingerprint density at radius 1 is 0.474 bits per heavy atom. The number of nitrogens with zero attached hydrogens (tertiary/aromatic N) is 3. The first-order chi connectivity index (χ1) is 28.3. The van der Waals surface area contributed by atoms with Crippen LogP contribution in [0.2, 0.25) is 0 Å². The van der Waals surface area contributed by atoms with Gasteiger partial charge in [0.1, 0.15) is 34.3 Å². The van der Waals surface area contributed by atoms with Crippen molar-refractivity contribution < 1.29 is 8.83 Å². The summed E-state index contributed by atoms with van der Waals surface area (Å²) >= 11 is 0. The maximum Gasteiger partial charge on any atom is 0.163 e. The van der Waals surface area contributed by atoms with Gasteiger partial charge < -0.3 is 18.7 Å². The molecule has 57 heavy (non-hydrogen) atoms. The zero-order chi connectivity index (χ0) is 37.5. The van der Waals surface area contributed by atoms with Crippen LogP contribution in [0.1, 0.15) is 22.9 Å². The largest absolute Gasteiger partial charge is 0.456 e. The summed E-state index contributed by atoms with van der Waals surface area (Å²) in [4.78, 5) is 10.2. The van der Waals surface area contributed by atoms with Gasteiger partial charge in [-0.15, -0.1) is 0 Å². The molecule has 1 aliphatic rings. The molecule has 1 atom stereocenters. The molecule has 0 saturated heterocycles. The highest BCUT2D eigenvalue weighted by atomic mass is 16.3. The highest BCUT2D eigenvalue weighted by Gasteiger charge is 2.24. The van der Waals surface area contributed by atoms with E-state index in [0.717, 1.165) is 94.3 Å². The van der Waals surface area contributed by atoms with E-state index in [1.807, 2.05) is 36.4 Å². The van der Waals surface area contributed by atoms with Crippen LogP contribution in [0.3, 0.4) is 0 Å². The molecule has 0 bridgehead atoms. The lowest BCUT2D eigenvalue weighted by molar-refractivity contribution is 0.663. The van der Waals surface area contributed by atoms with Crippen LogP contribution >= 0.6 is 0 Å². The van der Waals surface area contributed by atoms with Gasteiger partial charge in [0.25, 0.3) is 0 Å². The zero-order valence-electron chi connectivity index (χ0n) is 30.6. The van der Waals surface area contributed by atoms with Crippen LogP contribution in [0.15, 0.2) is 201 Å². The molecule has 6 heteroatoms. The molecule has 268 valence electrons. The molecule has 6 nitrogen and oxygen atoms in total. The van der Waals surface area contributed by atoms with Crippen LogP contribution in [0.25, 0.3) is 82.5 Å². The number of rotatable bonds is 5.